The Morgan fingerprint density at radius 2 is 2.12 bits per heavy atom. The molecule has 1 unspecified atom stereocenters. The highest BCUT2D eigenvalue weighted by atomic mass is 19.3. The lowest BCUT2D eigenvalue weighted by molar-refractivity contribution is -0.137. The Bertz CT molecular complexity index is 383. The van der Waals surface area contributed by atoms with Gasteiger partial charge in [-0.3, -0.25) is 4.79 Å². The molecular formula is C12H14F2O2. The minimum Gasteiger partial charge on any atom is -0.481 e. The minimum absolute atomic E-state index is 0.0568. The molecule has 0 aliphatic heterocycles. The fraction of sp³-hybridized carbons (Fsp3) is 0.417. The number of aliphatic carboxylic acids is 1. The molecule has 0 aliphatic carbocycles. The summed E-state index contributed by atoms with van der Waals surface area (Å²) in [7, 11) is 0. The number of hydrogen-bond donors (Lipinski definition) is 1. The summed E-state index contributed by atoms with van der Waals surface area (Å²) < 4.78 is 26.1. The highest BCUT2D eigenvalue weighted by Crippen LogP contribution is 2.29. The largest absolute Gasteiger partial charge is 0.481 e. The van der Waals surface area contributed by atoms with Crippen molar-refractivity contribution in [1.29, 1.82) is 0 Å². The quantitative estimate of drug-likeness (QED) is 0.857. The van der Waals surface area contributed by atoms with Crippen molar-refractivity contribution in [3.05, 3.63) is 35.4 Å². The summed E-state index contributed by atoms with van der Waals surface area (Å²) in [6.45, 7) is 2.54. The molecule has 1 aromatic carbocycles. The van der Waals surface area contributed by atoms with Gasteiger partial charge < -0.3 is 5.11 Å². The van der Waals surface area contributed by atoms with Crippen molar-refractivity contribution in [3.63, 3.8) is 0 Å². The highest BCUT2D eigenvalue weighted by molar-refractivity contribution is 5.68. The van der Waals surface area contributed by atoms with Crippen LogP contribution in [0.1, 0.15) is 37.3 Å². The summed E-state index contributed by atoms with van der Waals surface area (Å²) in [6, 6.07) is 5.91. The van der Waals surface area contributed by atoms with Gasteiger partial charge in [-0.25, -0.2) is 8.78 Å². The van der Waals surface area contributed by atoms with Crippen LogP contribution in [-0.2, 0) is 10.7 Å². The van der Waals surface area contributed by atoms with Gasteiger partial charge in [-0.2, -0.15) is 0 Å². The van der Waals surface area contributed by atoms with Gasteiger partial charge in [0.2, 0.25) is 0 Å². The van der Waals surface area contributed by atoms with Gasteiger partial charge in [0.15, 0.2) is 0 Å². The second kappa shape index (κ2) is 4.60. The van der Waals surface area contributed by atoms with Crippen LogP contribution in [0, 0.1) is 0 Å². The third kappa shape index (κ3) is 3.29. The molecule has 1 rings (SSSR count). The lowest BCUT2D eigenvalue weighted by Gasteiger charge is -2.14. The third-order valence-electron chi connectivity index (χ3n) is 2.44. The number of halogens is 2. The normalized spacial score (nSPS) is 13.5. The van der Waals surface area contributed by atoms with E-state index < -0.39 is 11.9 Å². The second-order valence-corrected chi connectivity index (χ2v) is 4.01. The molecule has 0 spiro atoms. The standard InChI is InChI=1S/C12H14F2O2/c1-8(6-11(15)16)9-4-3-5-10(7-9)12(2,13)14/h3-5,7-8H,6H2,1-2H3,(H,15,16). The van der Waals surface area contributed by atoms with E-state index in [0.717, 1.165) is 6.92 Å². The molecule has 0 aromatic heterocycles. The lowest BCUT2D eigenvalue weighted by atomic mass is 9.95. The van der Waals surface area contributed by atoms with Gasteiger partial charge in [0, 0.05) is 12.5 Å². The molecule has 0 bridgehead atoms. The Hall–Kier alpha value is -1.45. The molecule has 1 N–H and O–H groups in total. The minimum atomic E-state index is -2.89. The van der Waals surface area contributed by atoms with Crippen molar-refractivity contribution in [2.75, 3.05) is 0 Å². The Labute approximate surface area is 92.9 Å². The Morgan fingerprint density at radius 3 is 2.62 bits per heavy atom. The zero-order chi connectivity index (χ0) is 12.3. The van der Waals surface area contributed by atoms with Crippen LogP contribution in [-0.4, -0.2) is 11.1 Å². The van der Waals surface area contributed by atoms with E-state index in [1.54, 1.807) is 13.0 Å². The number of hydrogen-bond acceptors (Lipinski definition) is 1. The molecule has 1 aromatic rings. The van der Waals surface area contributed by atoms with Crippen LogP contribution in [0.5, 0.6) is 0 Å². The van der Waals surface area contributed by atoms with Crippen LogP contribution in [0.15, 0.2) is 24.3 Å². The van der Waals surface area contributed by atoms with E-state index in [1.165, 1.54) is 18.2 Å². The maximum Gasteiger partial charge on any atom is 0.303 e. The first-order chi connectivity index (χ1) is 7.30. The SMILES string of the molecule is CC(CC(=O)O)c1cccc(C(C)(F)F)c1. The first-order valence-electron chi connectivity index (χ1n) is 5.00. The molecule has 0 radical (unpaired) electrons. The Balaban J connectivity index is 2.94. The number of carboxylic acid groups (broad SMARTS) is 1. The first kappa shape index (κ1) is 12.6. The van der Waals surface area contributed by atoms with Crippen molar-refractivity contribution in [3.8, 4) is 0 Å². The Kier molecular flexibility index (Phi) is 3.62. The lowest BCUT2D eigenvalue weighted by Crippen LogP contribution is -2.09. The predicted molar refractivity (Wildman–Crippen MR) is 56.7 cm³/mol. The molecule has 0 heterocycles. The van der Waals surface area contributed by atoms with E-state index in [2.05, 4.69) is 0 Å². The van der Waals surface area contributed by atoms with E-state index in [4.69, 9.17) is 5.11 Å². The van der Waals surface area contributed by atoms with Gasteiger partial charge in [0.25, 0.3) is 5.92 Å². The summed E-state index contributed by atoms with van der Waals surface area (Å²) in [5.41, 5.74) is 0.545. The molecule has 0 aliphatic rings. The van der Waals surface area contributed by atoms with E-state index in [9.17, 15) is 13.6 Å². The molecule has 16 heavy (non-hydrogen) atoms. The van der Waals surface area contributed by atoms with Crippen molar-refractivity contribution >= 4 is 5.97 Å². The topological polar surface area (TPSA) is 37.3 Å². The van der Waals surface area contributed by atoms with E-state index in [0.29, 0.717) is 5.56 Å². The number of carboxylic acids is 1. The smallest absolute Gasteiger partial charge is 0.303 e. The zero-order valence-corrected chi connectivity index (χ0v) is 9.21. The third-order valence-corrected chi connectivity index (χ3v) is 2.44. The van der Waals surface area contributed by atoms with E-state index in [-0.39, 0.29) is 17.9 Å². The summed E-state index contributed by atoms with van der Waals surface area (Å²) in [6.07, 6.45) is -0.0568. The van der Waals surface area contributed by atoms with Crippen LogP contribution in [0.4, 0.5) is 8.78 Å². The number of rotatable bonds is 4. The summed E-state index contributed by atoms with van der Waals surface area (Å²) >= 11 is 0. The maximum atomic E-state index is 13.0. The monoisotopic (exact) mass is 228 g/mol. The molecule has 1 atom stereocenters. The molecule has 0 fully saturated rings. The molecule has 88 valence electrons. The highest BCUT2D eigenvalue weighted by Gasteiger charge is 2.24. The first-order valence-corrected chi connectivity index (χ1v) is 5.00. The van der Waals surface area contributed by atoms with Crippen LogP contribution in [0.25, 0.3) is 0 Å². The van der Waals surface area contributed by atoms with E-state index >= 15 is 0 Å². The number of alkyl halides is 2. The van der Waals surface area contributed by atoms with Crippen molar-refractivity contribution in [1.82, 2.24) is 0 Å². The van der Waals surface area contributed by atoms with Crippen LogP contribution in [0.2, 0.25) is 0 Å². The molecule has 0 saturated heterocycles. The fourth-order valence-corrected chi connectivity index (χ4v) is 1.50. The van der Waals surface area contributed by atoms with Crippen molar-refractivity contribution in [2.45, 2.75) is 32.1 Å². The Morgan fingerprint density at radius 1 is 1.50 bits per heavy atom. The number of benzene rings is 1. The van der Waals surface area contributed by atoms with Crippen LogP contribution < -0.4 is 0 Å². The summed E-state index contributed by atoms with van der Waals surface area (Å²) in [5, 5.41) is 8.63. The molecule has 0 amide bonds. The summed E-state index contributed by atoms with van der Waals surface area (Å²) in [5.74, 6) is -4.08. The van der Waals surface area contributed by atoms with Gasteiger partial charge in [-0.15, -0.1) is 0 Å². The van der Waals surface area contributed by atoms with Gasteiger partial charge in [0.1, 0.15) is 0 Å². The van der Waals surface area contributed by atoms with Crippen LogP contribution in [0.3, 0.4) is 0 Å². The summed E-state index contributed by atoms with van der Waals surface area (Å²) in [4.78, 5) is 10.5. The second-order valence-electron chi connectivity index (χ2n) is 4.01. The van der Waals surface area contributed by atoms with Crippen molar-refractivity contribution < 1.29 is 18.7 Å². The zero-order valence-electron chi connectivity index (χ0n) is 9.21. The van der Waals surface area contributed by atoms with Crippen LogP contribution >= 0.6 is 0 Å². The van der Waals surface area contributed by atoms with Gasteiger partial charge in [0.05, 0.1) is 6.42 Å². The molecule has 2 nitrogen and oxygen atoms in total. The number of carbonyl (C=O) groups is 1. The average molecular weight is 228 g/mol. The van der Waals surface area contributed by atoms with E-state index in [1.807, 2.05) is 0 Å². The molecule has 4 heteroatoms. The van der Waals surface area contributed by atoms with Gasteiger partial charge >= 0.3 is 5.97 Å². The molecular weight excluding hydrogens is 214 g/mol. The fourth-order valence-electron chi connectivity index (χ4n) is 1.50. The predicted octanol–water partition coefficient (Wildman–Crippen LogP) is 3.38. The molecule has 0 saturated carbocycles. The average Bonchev–Trinajstić information content (AvgIpc) is 2.15. The van der Waals surface area contributed by atoms with Gasteiger partial charge in [-0.05, 0) is 17.5 Å². The van der Waals surface area contributed by atoms with Gasteiger partial charge in [-0.1, -0.05) is 25.1 Å². The van der Waals surface area contributed by atoms with Crippen molar-refractivity contribution in [2.24, 2.45) is 0 Å². The maximum absolute atomic E-state index is 13.0.